The van der Waals surface area contributed by atoms with E-state index in [0.29, 0.717) is 30.2 Å². The van der Waals surface area contributed by atoms with Crippen LogP contribution in [0.5, 0.6) is 11.5 Å². The van der Waals surface area contributed by atoms with Gasteiger partial charge in [0.15, 0.2) is 11.5 Å². The highest BCUT2D eigenvalue weighted by Gasteiger charge is 2.12. The molecule has 0 spiro atoms. The molecule has 0 aliphatic heterocycles. The summed E-state index contributed by atoms with van der Waals surface area (Å²) in [6.45, 7) is 4.73. The van der Waals surface area contributed by atoms with Crippen molar-refractivity contribution < 1.29 is 19.1 Å². The first-order valence-electron chi connectivity index (χ1n) is 8.95. The van der Waals surface area contributed by atoms with Gasteiger partial charge in [-0.15, -0.1) is 0 Å². The van der Waals surface area contributed by atoms with Crippen LogP contribution in [0.15, 0.2) is 53.6 Å². The summed E-state index contributed by atoms with van der Waals surface area (Å²) in [6.07, 6.45) is 1.43. The summed E-state index contributed by atoms with van der Waals surface area (Å²) in [5.41, 5.74) is 3.94. The number of carbonyl (C=O) groups is 2. The molecule has 0 radical (unpaired) electrons. The normalized spacial score (nSPS) is 10.7. The number of hydrogen-bond donors (Lipinski definition) is 2. The molecule has 28 heavy (non-hydrogen) atoms. The monoisotopic (exact) mass is 383 g/mol. The van der Waals surface area contributed by atoms with Crippen LogP contribution in [0.25, 0.3) is 0 Å². The van der Waals surface area contributed by atoms with Gasteiger partial charge in [-0.3, -0.25) is 9.59 Å². The van der Waals surface area contributed by atoms with Crippen LogP contribution in [-0.2, 0) is 16.2 Å². The van der Waals surface area contributed by atoms with Gasteiger partial charge in [-0.25, -0.2) is 5.43 Å². The second-order valence-electron chi connectivity index (χ2n) is 6.49. The molecule has 0 aliphatic rings. The van der Waals surface area contributed by atoms with Gasteiger partial charge < -0.3 is 14.8 Å². The van der Waals surface area contributed by atoms with Crippen LogP contribution in [0.2, 0.25) is 0 Å². The van der Waals surface area contributed by atoms with Crippen molar-refractivity contribution in [2.24, 2.45) is 11.0 Å². The zero-order valence-electron chi connectivity index (χ0n) is 16.3. The third-order valence-electron chi connectivity index (χ3n) is 3.68. The van der Waals surface area contributed by atoms with E-state index in [-0.39, 0.29) is 5.92 Å². The fourth-order valence-corrected chi connectivity index (χ4v) is 2.21. The minimum atomic E-state index is -0.813. The maximum absolute atomic E-state index is 11.7. The van der Waals surface area contributed by atoms with Crippen molar-refractivity contribution in [3.63, 3.8) is 0 Å². The zero-order valence-corrected chi connectivity index (χ0v) is 16.3. The van der Waals surface area contributed by atoms with Crippen LogP contribution in [-0.4, -0.2) is 31.7 Å². The molecule has 2 rings (SSSR count). The van der Waals surface area contributed by atoms with Crippen molar-refractivity contribution in [1.82, 2.24) is 10.7 Å². The second-order valence-corrected chi connectivity index (χ2v) is 6.49. The smallest absolute Gasteiger partial charge is 0.329 e. The Labute approximate surface area is 164 Å². The van der Waals surface area contributed by atoms with E-state index in [1.54, 1.807) is 25.3 Å². The molecule has 0 saturated carbocycles. The van der Waals surface area contributed by atoms with Crippen LogP contribution >= 0.6 is 0 Å². The first kappa shape index (κ1) is 21.0. The van der Waals surface area contributed by atoms with E-state index >= 15 is 0 Å². The van der Waals surface area contributed by atoms with Crippen molar-refractivity contribution in [3.8, 4) is 11.5 Å². The molecule has 7 heteroatoms. The van der Waals surface area contributed by atoms with Crippen LogP contribution in [0.1, 0.15) is 25.0 Å². The lowest BCUT2D eigenvalue weighted by Gasteiger charge is -2.11. The lowest BCUT2D eigenvalue weighted by molar-refractivity contribution is -0.139. The van der Waals surface area contributed by atoms with Crippen molar-refractivity contribution in [1.29, 1.82) is 0 Å². The molecule has 0 aromatic heterocycles. The predicted molar refractivity (Wildman–Crippen MR) is 107 cm³/mol. The molecule has 0 bridgehead atoms. The second kappa shape index (κ2) is 10.7. The maximum atomic E-state index is 11.7. The third-order valence-corrected chi connectivity index (χ3v) is 3.68. The molecule has 0 heterocycles. The molecule has 7 nitrogen and oxygen atoms in total. The molecular weight excluding hydrogens is 358 g/mol. The Hall–Kier alpha value is -3.35. The van der Waals surface area contributed by atoms with Crippen molar-refractivity contribution in [3.05, 3.63) is 59.7 Å². The summed E-state index contributed by atoms with van der Waals surface area (Å²) in [4.78, 5) is 23.3. The summed E-state index contributed by atoms with van der Waals surface area (Å²) in [6, 6.07) is 15.1. The van der Waals surface area contributed by atoms with Crippen LogP contribution in [0, 0.1) is 5.92 Å². The van der Waals surface area contributed by atoms with Gasteiger partial charge in [0.2, 0.25) is 0 Å². The Balaban J connectivity index is 1.92. The molecule has 2 N–H and O–H groups in total. The maximum Gasteiger partial charge on any atom is 0.329 e. The van der Waals surface area contributed by atoms with Gasteiger partial charge in [-0.2, -0.15) is 5.10 Å². The van der Waals surface area contributed by atoms with E-state index in [9.17, 15) is 9.59 Å². The number of ether oxygens (including phenoxy) is 2. The Kier molecular flexibility index (Phi) is 8.02. The molecule has 2 aromatic rings. The highest BCUT2D eigenvalue weighted by molar-refractivity contribution is 6.35. The number of amides is 2. The highest BCUT2D eigenvalue weighted by atomic mass is 16.5. The highest BCUT2D eigenvalue weighted by Crippen LogP contribution is 2.28. The van der Waals surface area contributed by atoms with Gasteiger partial charge in [0.1, 0.15) is 6.61 Å². The summed E-state index contributed by atoms with van der Waals surface area (Å²) >= 11 is 0. The predicted octanol–water partition coefficient (Wildman–Crippen LogP) is 2.50. The van der Waals surface area contributed by atoms with Gasteiger partial charge in [-0.05, 0) is 35.2 Å². The molecule has 0 fully saturated rings. The van der Waals surface area contributed by atoms with E-state index in [1.807, 2.05) is 44.2 Å². The first-order chi connectivity index (χ1) is 13.5. The average Bonchev–Trinajstić information content (AvgIpc) is 2.71. The van der Waals surface area contributed by atoms with Gasteiger partial charge >= 0.3 is 11.8 Å². The van der Waals surface area contributed by atoms with Crippen LogP contribution in [0.4, 0.5) is 0 Å². The van der Waals surface area contributed by atoms with E-state index in [2.05, 4.69) is 15.8 Å². The largest absolute Gasteiger partial charge is 0.493 e. The Bertz CT molecular complexity index is 820. The van der Waals surface area contributed by atoms with Gasteiger partial charge in [-0.1, -0.05) is 44.2 Å². The molecule has 0 aliphatic carbocycles. The number of hydrazone groups is 1. The number of nitrogens with zero attached hydrogens (tertiary/aromatic N) is 1. The first-order valence-corrected chi connectivity index (χ1v) is 8.95. The molecule has 2 aromatic carbocycles. The molecule has 0 saturated heterocycles. The molecule has 2 amide bonds. The standard InChI is InChI=1S/C21H25N3O4/c1-15(2)12-22-20(25)21(26)24-23-13-17-9-10-18(19(11-17)27-3)28-14-16-7-5-4-6-8-16/h4-11,13,15H,12,14H2,1-3H3,(H,22,25)(H,24,26). The van der Waals surface area contributed by atoms with Gasteiger partial charge in [0.05, 0.1) is 13.3 Å². The lowest BCUT2D eigenvalue weighted by atomic mass is 10.2. The molecular formula is C21H25N3O4. The molecule has 148 valence electrons. The number of rotatable bonds is 8. The minimum Gasteiger partial charge on any atom is -0.493 e. The summed E-state index contributed by atoms with van der Waals surface area (Å²) in [5.74, 6) is -0.128. The van der Waals surface area contributed by atoms with Gasteiger partial charge in [0, 0.05) is 6.54 Å². The van der Waals surface area contributed by atoms with E-state index in [1.165, 1.54) is 6.21 Å². The zero-order chi connectivity index (χ0) is 20.4. The fourth-order valence-electron chi connectivity index (χ4n) is 2.21. The van der Waals surface area contributed by atoms with E-state index < -0.39 is 11.8 Å². The molecule has 0 atom stereocenters. The number of carbonyl (C=O) groups excluding carboxylic acids is 2. The van der Waals surface area contributed by atoms with Crippen LogP contribution < -0.4 is 20.2 Å². The quantitative estimate of drug-likeness (QED) is 0.416. The van der Waals surface area contributed by atoms with Crippen molar-refractivity contribution in [2.75, 3.05) is 13.7 Å². The summed E-state index contributed by atoms with van der Waals surface area (Å²) in [5, 5.41) is 6.33. The van der Waals surface area contributed by atoms with E-state index in [4.69, 9.17) is 9.47 Å². The summed E-state index contributed by atoms with van der Waals surface area (Å²) < 4.78 is 11.2. The summed E-state index contributed by atoms with van der Waals surface area (Å²) in [7, 11) is 1.55. The topological polar surface area (TPSA) is 89.0 Å². The number of benzene rings is 2. The third kappa shape index (κ3) is 6.75. The number of methoxy groups -OCH3 is 1. The lowest BCUT2D eigenvalue weighted by Crippen LogP contribution is -2.39. The molecule has 0 unspecified atom stereocenters. The van der Waals surface area contributed by atoms with Crippen LogP contribution in [0.3, 0.4) is 0 Å². The van der Waals surface area contributed by atoms with Gasteiger partial charge in [0.25, 0.3) is 0 Å². The Morgan fingerprint density at radius 2 is 1.82 bits per heavy atom. The Morgan fingerprint density at radius 1 is 1.07 bits per heavy atom. The SMILES string of the molecule is COc1cc(C=NNC(=O)C(=O)NCC(C)C)ccc1OCc1ccccc1. The Morgan fingerprint density at radius 3 is 2.50 bits per heavy atom. The van der Waals surface area contributed by atoms with Crippen molar-refractivity contribution >= 4 is 18.0 Å². The van der Waals surface area contributed by atoms with E-state index in [0.717, 1.165) is 5.56 Å². The van der Waals surface area contributed by atoms with Crippen molar-refractivity contribution in [2.45, 2.75) is 20.5 Å². The number of hydrogen-bond acceptors (Lipinski definition) is 5. The number of nitrogens with one attached hydrogen (secondary N) is 2. The minimum absolute atomic E-state index is 0.260. The fraction of sp³-hybridized carbons (Fsp3) is 0.286. The average molecular weight is 383 g/mol.